The third-order valence-corrected chi connectivity index (χ3v) is 8.06. The minimum Gasteiger partial charge on any atom is -0.497 e. The first kappa shape index (κ1) is 26.3. The molecular weight excluding hydrogens is 508 g/mol. The molecule has 1 aliphatic heterocycles. The lowest BCUT2D eigenvalue weighted by Gasteiger charge is -2.35. The molecular formula is C32H30N2O4S. The molecule has 198 valence electrons. The van der Waals surface area contributed by atoms with E-state index in [2.05, 4.69) is 23.9 Å². The third kappa shape index (κ3) is 5.89. The number of hydrogen-bond acceptors (Lipinski definition) is 5. The van der Waals surface area contributed by atoms with Gasteiger partial charge in [0.15, 0.2) is 5.78 Å². The average molecular weight is 539 g/mol. The van der Waals surface area contributed by atoms with E-state index >= 15 is 0 Å². The predicted molar refractivity (Wildman–Crippen MR) is 155 cm³/mol. The smallest absolute Gasteiger partial charge is 0.261 e. The number of rotatable bonds is 7. The van der Waals surface area contributed by atoms with Crippen LogP contribution < -0.4 is 14.8 Å². The fourth-order valence-corrected chi connectivity index (χ4v) is 5.82. The van der Waals surface area contributed by atoms with Crippen LogP contribution in [0.1, 0.15) is 35.3 Å². The Morgan fingerprint density at radius 2 is 1.62 bits per heavy atom. The highest BCUT2D eigenvalue weighted by molar-refractivity contribution is 7.92. The highest BCUT2D eigenvalue weighted by Gasteiger charge is 2.28. The number of ketones is 1. The number of carbonyl (C=O) groups excluding carboxylic acids is 1. The van der Waals surface area contributed by atoms with Crippen LogP contribution in [-0.4, -0.2) is 26.8 Å². The standard InChI is InChI=1S/C32H30N2O4S/c1-32(2)21-25-12-15-27(38-3)19-29(25)30(33-32)20-31(35)24-10-7-11-26(18-24)34-39(36,37)28-16-13-23(14-17-28)22-8-5-4-6-9-22/h4-20,33-34H,21H2,1-3H3/b30-20-. The predicted octanol–water partition coefficient (Wildman–Crippen LogP) is 6.31. The van der Waals surface area contributed by atoms with Crippen molar-refractivity contribution in [3.63, 3.8) is 0 Å². The highest BCUT2D eigenvalue weighted by atomic mass is 32.2. The number of fused-ring (bicyclic) bond motifs is 1. The van der Waals surface area contributed by atoms with E-state index in [1.165, 1.54) is 0 Å². The van der Waals surface area contributed by atoms with Crippen molar-refractivity contribution in [3.8, 4) is 16.9 Å². The van der Waals surface area contributed by atoms with Crippen LogP contribution >= 0.6 is 0 Å². The lowest BCUT2D eigenvalue weighted by atomic mass is 9.85. The van der Waals surface area contributed by atoms with Crippen LogP contribution in [0.4, 0.5) is 5.69 Å². The van der Waals surface area contributed by atoms with E-state index in [0.717, 1.165) is 28.7 Å². The second-order valence-electron chi connectivity index (χ2n) is 10.2. The van der Waals surface area contributed by atoms with Crippen molar-refractivity contribution >= 4 is 27.2 Å². The molecule has 0 radical (unpaired) electrons. The maximum Gasteiger partial charge on any atom is 0.261 e. The second kappa shape index (κ2) is 10.4. The van der Waals surface area contributed by atoms with E-state index < -0.39 is 10.0 Å². The van der Waals surface area contributed by atoms with Crippen molar-refractivity contribution in [2.24, 2.45) is 0 Å². The van der Waals surface area contributed by atoms with E-state index in [4.69, 9.17) is 4.74 Å². The summed E-state index contributed by atoms with van der Waals surface area (Å²) in [6.45, 7) is 4.17. The van der Waals surface area contributed by atoms with Gasteiger partial charge < -0.3 is 10.1 Å². The molecule has 0 saturated heterocycles. The van der Waals surface area contributed by atoms with Crippen LogP contribution in [0, 0.1) is 0 Å². The van der Waals surface area contributed by atoms with Gasteiger partial charge in [-0.15, -0.1) is 0 Å². The van der Waals surface area contributed by atoms with Gasteiger partial charge in [-0.3, -0.25) is 9.52 Å². The zero-order valence-electron chi connectivity index (χ0n) is 22.1. The number of benzene rings is 4. The van der Waals surface area contributed by atoms with Crippen molar-refractivity contribution in [3.05, 3.63) is 120 Å². The van der Waals surface area contributed by atoms with Gasteiger partial charge >= 0.3 is 0 Å². The zero-order valence-corrected chi connectivity index (χ0v) is 22.9. The summed E-state index contributed by atoms with van der Waals surface area (Å²) in [6.07, 6.45) is 2.37. The molecule has 1 aliphatic rings. The van der Waals surface area contributed by atoms with E-state index in [-0.39, 0.29) is 16.2 Å². The van der Waals surface area contributed by atoms with E-state index in [1.807, 2.05) is 48.5 Å². The number of allylic oxidation sites excluding steroid dienone is 1. The number of hydrogen-bond donors (Lipinski definition) is 2. The maximum atomic E-state index is 13.3. The van der Waals surface area contributed by atoms with Crippen LogP contribution in [0.15, 0.2) is 108 Å². The first-order valence-electron chi connectivity index (χ1n) is 12.6. The molecule has 0 spiro atoms. The van der Waals surface area contributed by atoms with Gasteiger partial charge in [0.25, 0.3) is 10.0 Å². The average Bonchev–Trinajstić information content (AvgIpc) is 2.93. The molecule has 0 bridgehead atoms. The SMILES string of the molecule is COc1ccc2c(c1)/C(=C/C(=O)c1cccc(NS(=O)(=O)c3ccc(-c4ccccc4)cc3)c1)NC(C)(C)C2. The van der Waals surface area contributed by atoms with Crippen LogP contribution in [0.3, 0.4) is 0 Å². The molecule has 4 aromatic rings. The summed E-state index contributed by atoms with van der Waals surface area (Å²) in [5.74, 6) is 0.471. The molecule has 0 unspecified atom stereocenters. The van der Waals surface area contributed by atoms with Crippen molar-refractivity contribution in [1.29, 1.82) is 0 Å². The molecule has 2 N–H and O–H groups in total. The fraction of sp³-hybridized carbons (Fsp3) is 0.156. The van der Waals surface area contributed by atoms with Gasteiger partial charge in [0, 0.05) is 34.1 Å². The zero-order chi connectivity index (χ0) is 27.6. The molecule has 1 heterocycles. The van der Waals surface area contributed by atoms with Crippen molar-refractivity contribution in [2.45, 2.75) is 30.7 Å². The molecule has 0 saturated carbocycles. The Morgan fingerprint density at radius 1 is 0.897 bits per heavy atom. The van der Waals surface area contributed by atoms with Crippen LogP contribution in [0.25, 0.3) is 16.8 Å². The molecule has 6 nitrogen and oxygen atoms in total. The number of methoxy groups -OCH3 is 1. The first-order valence-corrected chi connectivity index (χ1v) is 14.1. The van der Waals surface area contributed by atoms with Gasteiger partial charge in [-0.2, -0.15) is 0 Å². The van der Waals surface area contributed by atoms with Gasteiger partial charge in [-0.05, 0) is 73.4 Å². The minimum absolute atomic E-state index is 0.139. The summed E-state index contributed by atoms with van der Waals surface area (Å²) in [4.78, 5) is 13.5. The third-order valence-electron chi connectivity index (χ3n) is 6.66. The van der Waals surface area contributed by atoms with Gasteiger partial charge in [0.1, 0.15) is 5.75 Å². The van der Waals surface area contributed by atoms with Gasteiger partial charge in [-0.25, -0.2) is 8.42 Å². The molecule has 4 aromatic carbocycles. The molecule has 0 atom stereocenters. The van der Waals surface area contributed by atoms with Crippen LogP contribution in [0.5, 0.6) is 5.75 Å². The molecule has 5 rings (SSSR count). The van der Waals surface area contributed by atoms with Crippen molar-refractivity contribution in [1.82, 2.24) is 5.32 Å². The normalized spacial score (nSPS) is 15.2. The minimum atomic E-state index is -3.85. The van der Waals surface area contributed by atoms with E-state index in [1.54, 1.807) is 61.7 Å². The van der Waals surface area contributed by atoms with Gasteiger partial charge in [0.2, 0.25) is 0 Å². The Balaban J connectivity index is 1.38. The van der Waals surface area contributed by atoms with E-state index in [9.17, 15) is 13.2 Å². The lowest BCUT2D eigenvalue weighted by molar-refractivity contribution is 0.104. The topological polar surface area (TPSA) is 84.5 Å². The van der Waals surface area contributed by atoms with Crippen molar-refractivity contribution in [2.75, 3.05) is 11.8 Å². The number of sulfonamides is 1. The first-order chi connectivity index (χ1) is 18.6. The van der Waals surface area contributed by atoms with E-state index in [0.29, 0.717) is 22.7 Å². The van der Waals surface area contributed by atoms with Crippen LogP contribution in [-0.2, 0) is 16.4 Å². The van der Waals surface area contributed by atoms with Gasteiger partial charge in [0.05, 0.1) is 12.0 Å². The summed E-state index contributed by atoms with van der Waals surface area (Å²) in [5, 5.41) is 3.46. The Bertz CT molecular complexity index is 1660. The molecule has 0 aliphatic carbocycles. The maximum absolute atomic E-state index is 13.3. The Labute approximate surface area is 229 Å². The monoisotopic (exact) mass is 538 g/mol. The molecule has 39 heavy (non-hydrogen) atoms. The van der Waals surface area contributed by atoms with Crippen LogP contribution in [0.2, 0.25) is 0 Å². The van der Waals surface area contributed by atoms with Crippen molar-refractivity contribution < 1.29 is 17.9 Å². The highest BCUT2D eigenvalue weighted by Crippen LogP contribution is 2.32. The second-order valence-corrected chi connectivity index (χ2v) is 11.9. The van der Waals surface area contributed by atoms with Gasteiger partial charge in [-0.1, -0.05) is 60.7 Å². The summed E-state index contributed by atoms with van der Waals surface area (Å²) in [7, 11) is -2.24. The number of ether oxygens (including phenoxy) is 1. The Kier molecular flexibility index (Phi) is 7.02. The molecule has 0 aromatic heterocycles. The summed E-state index contributed by atoms with van der Waals surface area (Å²) in [6, 6.07) is 28.8. The number of carbonyl (C=O) groups is 1. The summed E-state index contributed by atoms with van der Waals surface area (Å²) < 4.78 is 34.2. The fourth-order valence-electron chi connectivity index (χ4n) is 4.78. The molecule has 0 amide bonds. The Hall–Kier alpha value is -4.36. The number of anilines is 1. The molecule has 0 fully saturated rings. The summed E-state index contributed by atoms with van der Waals surface area (Å²) >= 11 is 0. The largest absolute Gasteiger partial charge is 0.497 e. The molecule has 7 heteroatoms. The lowest BCUT2D eigenvalue weighted by Crippen LogP contribution is -2.43. The Morgan fingerprint density at radius 3 is 2.33 bits per heavy atom. The quantitative estimate of drug-likeness (QED) is 0.213. The number of nitrogens with one attached hydrogen (secondary N) is 2. The summed E-state index contributed by atoms with van der Waals surface area (Å²) in [5.41, 5.74) is 5.12.